The Kier molecular flexibility index (Phi) is 4.45. The molecule has 0 atom stereocenters. The third kappa shape index (κ3) is 3.71. The lowest BCUT2D eigenvalue weighted by Gasteiger charge is -2.25. The molecule has 0 aliphatic rings. The summed E-state index contributed by atoms with van der Waals surface area (Å²) in [5, 5.41) is 2.91. The first-order valence-electron chi connectivity index (χ1n) is 5.52. The zero-order valence-electron chi connectivity index (χ0n) is 10.5. The van der Waals surface area contributed by atoms with Crippen LogP contribution >= 0.6 is 0 Å². The highest BCUT2D eigenvalue weighted by molar-refractivity contribution is 5.96. The summed E-state index contributed by atoms with van der Waals surface area (Å²) in [5.74, 6) is 0.127. The van der Waals surface area contributed by atoms with Crippen LogP contribution in [0.15, 0.2) is 18.3 Å². The molecule has 94 valence electrons. The molecule has 5 nitrogen and oxygen atoms in total. The fourth-order valence-corrected chi connectivity index (χ4v) is 1.52. The second-order valence-electron chi connectivity index (χ2n) is 4.44. The summed E-state index contributed by atoms with van der Waals surface area (Å²) >= 11 is 0. The number of hydrogen-bond donors (Lipinski definition) is 2. The summed E-state index contributed by atoms with van der Waals surface area (Å²) in [6.07, 6.45) is 2.29. The van der Waals surface area contributed by atoms with Gasteiger partial charge in [0.1, 0.15) is 5.56 Å². The summed E-state index contributed by atoms with van der Waals surface area (Å²) in [7, 11) is 1.49. The average Bonchev–Trinajstić information content (AvgIpc) is 2.28. The number of rotatable bonds is 5. The molecule has 1 aromatic rings. The van der Waals surface area contributed by atoms with Gasteiger partial charge < -0.3 is 15.8 Å². The van der Waals surface area contributed by atoms with E-state index in [9.17, 15) is 4.79 Å². The van der Waals surface area contributed by atoms with Gasteiger partial charge >= 0.3 is 0 Å². The molecule has 3 N–H and O–H groups in total. The normalized spacial score (nSPS) is 11.1. The van der Waals surface area contributed by atoms with Gasteiger partial charge in [0, 0.05) is 11.7 Å². The quantitative estimate of drug-likeness (QED) is 0.799. The van der Waals surface area contributed by atoms with E-state index in [1.807, 2.05) is 13.8 Å². The van der Waals surface area contributed by atoms with E-state index in [0.29, 0.717) is 24.4 Å². The maximum absolute atomic E-state index is 12.0. The Balaban J connectivity index is 2.83. The van der Waals surface area contributed by atoms with Crippen LogP contribution in [0.2, 0.25) is 0 Å². The second-order valence-corrected chi connectivity index (χ2v) is 4.44. The summed E-state index contributed by atoms with van der Waals surface area (Å²) in [6, 6.07) is 3.38. The van der Waals surface area contributed by atoms with Crippen molar-refractivity contribution in [3.8, 4) is 5.88 Å². The van der Waals surface area contributed by atoms with E-state index >= 15 is 0 Å². The molecule has 1 heterocycles. The van der Waals surface area contributed by atoms with E-state index in [2.05, 4.69) is 10.3 Å². The molecule has 0 radical (unpaired) electrons. The van der Waals surface area contributed by atoms with Crippen LogP contribution in [0.1, 0.15) is 30.6 Å². The number of nitrogens with zero attached hydrogens (tertiary/aromatic N) is 1. The van der Waals surface area contributed by atoms with Gasteiger partial charge in [-0.2, -0.15) is 0 Å². The lowest BCUT2D eigenvalue weighted by atomic mass is 10.0. The predicted octanol–water partition coefficient (Wildman–Crippen LogP) is 0.947. The van der Waals surface area contributed by atoms with Crippen molar-refractivity contribution < 1.29 is 9.53 Å². The summed E-state index contributed by atoms with van der Waals surface area (Å²) < 4.78 is 5.04. The van der Waals surface area contributed by atoms with E-state index in [1.54, 1.807) is 18.3 Å². The molecule has 0 spiro atoms. The van der Waals surface area contributed by atoms with Crippen LogP contribution in [0.3, 0.4) is 0 Å². The number of aromatic nitrogens is 1. The van der Waals surface area contributed by atoms with E-state index in [4.69, 9.17) is 10.5 Å². The van der Waals surface area contributed by atoms with E-state index in [0.717, 1.165) is 0 Å². The van der Waals surface area contributed by atoms with Crippen molar-refractivity contribution in [1.29, 1.82) is 0 Å². The SMILES string of the molecule is COc1ncccc1C(=O)NC(C)(C)CCN. The largest absolute Gasteiger partial charge is 0.480 e. The number of carbonyl (C=O) groups excluding carboxylic acids is 1. The highest BCUT2D eigenvalue weighted by Gasteiger charge is 2.22. The average molecular weight is 237 g/mol. The fourth-order valence-electron chi connectivity index (χ4n) is 1.52. The molecule has 1 amide bonds. The summed E-state index contributed by atoms with van der Waals surface area (Å²) in [4.78, 5) is 16.0. The van der Waals surface area contributed by atoms with Crippen molar-refractivity contribution in [1.82, 2.24) is 10.3 Å². The molecule has 0 aromatic carbocycles. The van der Waals surface area contributed by atoms with Crippen molar-refractivity contribution in [3.05, 3.63) is 23.9 Å². The summed E-state index contributed by atoms with van der Waals surface area (Å²) in [6.45, 7) is 4.39. The Hall–Kier alpha value is -1.62. The van der Waals surface area contributed by atoms with Gasteiger partial charge in [-0.1, -0.05) is 0 Å². The molecule has 1 aromatic heterocycles. The molecule has 0 unspecified atom stereocenters. The first kappa shape index (κ1) is 13.4. The standard InChI is InChI=1S/C12H19N3O2/c1-12(2,6-7-13)15-10(16)9-5-4-8-14-11(9)17-3/h4-5,8H,6-7,13H2,1-3H3,(H,15,16). The van der Waals surface area contributed by atoms with E-state index < -0.39 is 0 Å². The van der Waals surface area contributed by atoms with Crippen LogP contribution in [0, 0.1) is 0 Å². The maximum atomic E-state index is 12.0. The molecule has 0 aliphatic carbocycles. The number of carbonyl (C=O) groups is 1. The number of methoxy groups -OCH3 is 1. The highest BCUT2D eigenvalue weighted by atomic mass is 16.5. The molecule has 1 rings (SSSR count). The zero-order valence-corrected chi connectivity index (χ0v) is 10.5. The van der Waals surface area contributed by atoms with Gasteiger partial charge in [0.15, 0.2) is 0 Å². The topological polar surface area (TPSA) is 77.2 Å². The number of ether oxygens (including phenoxy) is 1. The van der Waals surface area contributed by atoms with Gasteiger partial charge in [0.2, 0.25) is 5.88 Å². The molecule has 5 heteroatoms. The smallest absolute Gasteiger partial charge is 0.257 e. The van der Waals surface area contributed by atoms with Crippen LogP contribution in [-0.2, 0) is 0 Å². The summed E-state index contributed by atoms with van der Waals surface area (Å²) in [5.41, 5.74) is 5.59. The molecule has 0 saturated carbocycles. The second kappa shape index (κ2) is 5.63. The van der Waals surface area contributed by atoms with Crippen LogP contribution in [0.4, 0.5) is 0 Å². The molecular formula is C12H19N3O2. The minimum absolute atomic E-state index is 0.201. The van der Waals surface area contributed by atoms with Crippen LogP contribution in [0.5, 0.6) is 5.88 Å². The number of hydrogen-bond acceptors (Lipinski definition) is 4. The van der Waals surface area contributed by atoms with E-state index in [-0.39, 0.29) is 11.4 Å². The molecule has 0 fully saturated rings. The van der Waals surface area contributed by atoms with Crippen molar-refractivity contribution >= 4 is 5.91 Å². The molecule has 0 aliphatic heterocycles. The van der Waals surface area contributed by atoms with Crippen LogP contribution in [-0.4, -0.2) is 30.1 Å². The third-order valence-corrected chi connectivity index (χ3v) is 2.43. The van der Waals surface area contributed by atoms with Gasteiger partial charge in [0.05, 0.1) is 7.11 Å². The Morgan fingerprint density at radius 3 is 2.88 bits per heavy atom. The van der Waals surface area contributed by atoms with Gasteiger partial charge in [-0.15, -0.1) is 0 Å². The zero-order chi connectivity index (χ0) is 12.9. The van der Waals surface area contributed by atoms with Crippen LogP contribution in [0.25, 0.3) is 0 Å². The Labute approximate surface area is 101 Å². The van der Waals surface area contributed by atoms with Gasteiger partial charge in [-0.25, -0.2) is 4.98 Å². The molecular weight excluding hydrogens is 218 g/mol. The van der Waals surface area contributed by atoms with Crippen molar-refractivity contribution in [2.75, 3.05) is 13.7 Å². The number of pyridine rings is 1. The lowest BCUT2D eigenvalue weighted by Crippen LogP contribution is -2.44. The molecule has 17 heavy (non-hydrogen) atoms. The van der Waals surface area contributed by atoms with Gasteiger partial charge in [-0.05, 0) is 38.9 Å². The Bertz CT molecular complexity index is 391. The predicted molar refractivity (Wildman–Crippen MR) is 66.0 cm³/mol. The number of nitrogens with one attached hydrogen (secondary N) is 1. The van der Waals surface area contributed by atoms with Crippen molar-refractivity contribution in [3.63, 3.8) is 0 Å². The van der Waals surface area contributed by atoms with E-state index in [1.165, 1.54) is 7.11 Å². The fraction of sp³-hybridized carbons (Fsp3) is 0.500. The monoisotopic (exact) mass is 237 g/mol. The first-order valence-corrected chi connectivity index (χ1v) is 5.52. The van der Waals surface area contributed by atoms with Crippen molar-refractivity contribution in [2.24, 2.45) is 5.73 Å². The number of nitrogens with two attached hydrogens (primary N) is 1. The molecule has 0 bridgehead atoms. The van der Waals surface area contributed by atoms with Crippen molar-refractivity contribution in [2.45, 2.75) is 25.8 Å². The Morgan fingerprint density at radius 1 is 1.59 bits per heavy atom. The third-order valence-electron chi connectivity index (χ3n) is 2.43. The molecule has 0 saturated heterocycles. The first-order chi connectivity index (χ1) is 8.00. The lowest BCUT2D eigenvalue weighted by molar-refractivity contribution is 0.0906. The van der Waals surface area contributed by atoms with Gasteiger partial charge in [0.25, 0.3) is 5.91 Å². The maximum Gasteiger partial charge on any atom is 0.257 e. The minimum Gasteiger partial charge on any atom is -0.480 e. The Morgan fingerprint density at radius 2 is 2.29 bits per heavy atom. The number of amides is 1. The highest BCUT2D eigenvalue weighted by Crippen LogP contribution is 2.15. The van der Waals surface area contributed by atoms with Gasteiger partial charge in [-0.3, -0.25) is 4.79 Å². The van der Waals surface area contributed by atoms with Crippen LogP contribution < -0.4 is 15.8 Å². The minimum atomic E-state index is -0.341.